The quantitative estimate of drug-likeness (QED) is 0.428. The zero-order valence-electron chi connectivity index (χ0n) is 18.4. The van der Waals surface area contributed by atoms with Crippen LogP contribution in [0.2, 0.25) is 0 Å². The average Bonchev–Trinajstić information content (AvgIpc) is 2.94. The second kappa shape index (κ2) is 11.8. The summed E-state index contributed by atoms with van der Waals surface area (Å²) in [7, 11) is 0. The number of aryl methyl sites for hydroxylation is 1. The van der Waals surface area contributed by atoms with Crippen molar-refractivity contribution in [1.29, 1.82) is 5.26 Å². The number of aromatic hydroxyl groups is 1. The lowest BCUT2D eigenvalue weighted by Gasteiger charge is -2.10. The Morgan fingerprint density at radius 2 is 1.79 bits per heavy atom. The Morgan fingerprint density at radius 1 is 1.03 bits per heavy atom. The Bertz CT molecular complexity index is 1210. The van der Waals surface area contributed by atoms with E-state index in [1.54, 1.807) is 24.4 Å². The Morgan fingerprint density at radius 3 is 2.59 bits per heavy atom. The highest BCUT2D eigenvalue weighted by Gasteiger charge is 2.33. The molecule has 2 aromatic carbocycles. The molecule has 0 saturated heterocycles. The number of hydrogen-bond donors (Lipinski definition) is 1. The molecular formula is C27H23F3N2O2. The third-order valence-electron chi connectivity index (χ3n) is 5.02. The summed E-state index contributed by atoms with van der Waals surface area (Å²) in [6.45, 7) is 0.386. The van der Waals surface area contributed by atoms with Gasteiger partial charge in [0.1, 0.15) is 5.75 Å². The monoisotopic (exact) mass is 464 g/mol. The van der Waals surface area contributed by atoms with E-state index in [2.05, 4.69) is 22.9 Å². The average molecular weight is 464 g/mol. The zero-order chi connectivity index (χ0) is 24.4. The van der Waals surface area contributed by atoms with Gasteiger partial charge >= 0.3 is 6.18 Å². The van der Waals surface area contributed by atoms with E-state index in [-0.39, 0.29) is 5.56 Å². The minimum Gasteiger partial charge on any atom is -0.508 e. The van der Waals surface area contributed by atoms with Gasteiger partial charge in [-0.25, -0.2) is 4.99 Å². The first-order valence-corrected chi connectivity index (χ1v) is 10.8. The number of allylic oxidation sites excluding steroid dienone is 2. The lowest BCUT2D eigenvalue weighted by molar-refractivity contribution is -0.137. The van der Waals surface area contributed by atoms with Crippen LogP contribution in [-0.2, 0) is 17.3 Å². The SMILES string of the molecule is N#Cc1ccc(C#Cc2ccc(O)cc2C(F)(F)F)c(CCCOC2=N\C=C/CCC\C=C\2)c1. The van der Waals surface area contributed by atoms with E-state index in [0.717, 1.165) is 30.9 Å². The molecule has 2 aromatic rings. The van der Waals surface area contributed by atoms with E-state index in [4.69, 9.17) is 4.74 Å². The van der Waals surface area contributed by atoms with Crippen LogP contribution in [-0.4, -0.2) is 17.6 Å². The number of hydrogen-bond acceptors (Lipinski definition) is 4. The molecule has 1 N–H and O–H groups in total. The Hall–Kier alpha value is -3.97. The van der Waals surface area contributed by atoms with E-state index < -0.39 is 17.5 Å². The van der Waals surface area contributed by atoms with Gasteiger partial charge in [-0.2, -0.15) is 18.4 Å². The van der Waals surface area contributed by atoms with Crippen LogP contribution < -0.4 is 0 Å². The highest BCUT2D eigenvalue weighted by Crippen LogP contribution is 2.33. The van der Waals surface area contributed by atoms with Gasteiger partial charge in [-0.3, -0.25) is 0 Å². The second-order valence-electron chi connectivity index (χ2n) is 7.60. The van der Waals surface area contributed by atoms with Crippen molar-refractivity contribution >= 4 is 5.90 Å². The summed E-state index contributed by atoms with van der Waals surface area (Å²) in [6.07, 6.45) is 7.05. The number of ether oxygens (including phenoxy) is 1. The van der Waals surface area contributed by atoms with Gasteiger partial charge in [-0.1, -0.05) is 24.0 Å². The number of halogens is 3. The number of aliphatic imine (C=N–C) groups is 1. The molecule has 1 heterocycles. The minimum atomic E-state index is -4.64. The summed E-state index contributed by atoms with van der Waals surface area (Å²) >= 11 is 0. The predicted octanol–water partition coefficient (Wildman–Crippen LogP) is 6.28. The van der Waals surface area contributed by atoms with Crippen molar-refractivity contribution in [3.63, 3.8) is 0 Å². The van der Waals surface area contributed by atoms with Gasteiger partial charge in [0.2, 0.25) is 5.90 Å². The van der Waals surface area contributed by atoms with Crippen LogP contribution in [0.25, 0.3) is 0 Å². The van der Waals surface area contributed by atoms with Crippen molar-refractivity contribution in [3.8, 4) is 23.7 Å². The molecule has 4 nitrogen and oxygen atoms in total. The van der Waals surface area contributed by atoms with E-state index >= 15 is 0 Å². The molecule has 0 saturated carbocycles. The van der Waals surface area contributed by atoms with Gasteiger partial charge in [0.25, 0.3) is 0 Å². The molecule has 34 heavy (non-hydrogen) atoms. The first kappa shape index (κ1) is 24.7. The third kappa shape index (κ3) is 7.28. The first-order valence-electron chi connectivity index (χ1n) is 10.8. The van der Waals surface area contributed by atoms with Crippen molar-refractivity contribution in [1.82, 2.24) is 0 Å². The van der Waals surface area contributed by atoms with Gasteiger partial charge in [0.05, 0.1) is 23.8 Å². The first-order chi connectivity index (χ1) is 16.4. The largest absolute Gasteiger partial charge is 0.508 e. The van der Waals surface area contributed by atoms with Crippen LogP contribution in [0.3, 0.4) is 0 Å². The lowest BCUT2D eigenvalue weighted by Crippen LogP contribution is -2.07. The molecule has 0 unspecified atom stereocenters. The maximum absolute atomic E-state index is 13.3. The fourth-order valence-corrected chi connectivity index (χ4v) is 3.31. The van der Waals surface area contributed by atoms with Gasteiger partial charge in [-0.15, -0.1) is 0 Å². The van der Waals surface area contributed by atoms with E-state index in [0.29, 0.717) is 42.5 Å². The molecule has 0 fully saturated rings. The number of nitrogens with zero attached hydrogens (tertiary/aromatic N) is 2. The number of phenolic OH excluding ortho intramolecular Hbond substituents is 1. The molecule has 0 amide bonds. The Balaban J connectivity index is 1.76. The molecule has 174 valence electrons. The minimum absolute atomic E-state index is 0.234. The number of alkyl halides is 3. The van der Waals surface area contributed by atoms with Crippen molar-refractivity contribution in [3.05, 3.63) is 88.6 Å². The molecule has 0 aromatic heterocycles. The van der Waals surface area contributed by atoms with Crippen LogP contribution in [0.1, 0.15) is 53.5 Å². The fourth-order valence-electron chi connectivity index (χ4n) is 3.31. The normalized spacial score (nSPS) is 16.9. The van der Waals surface area contributed by atoms with Gasteiger partial charge in [-0.05, 0) is 80.1 Å². The molecule has 0 bridgehead atoms. The predicted molar refractivity (Wildman–Crippen MR) is 124 cm³/mol. The van der Waals surface area contributed by atoms with Crippen LogP contribution >= 0.6 is 0 Å². The molecular weight excluding hydrogens is 441 g/mol. The van der Waals surface area contributed by atoms with Crippen molar-refractivity contribution in [2.75, 3.05) is 6.61 Å². The summed E-state index contributed by atoms with van der Waals surface area (Å²) in [5, 5.41) is 18.7. The second-order valence-corrected chi connectivity index (χ2v) is 7.60. The zero-order valence-corrected chi connectivity index (χ0v) is 18.4. The lowest BCUT2D eigenvalue weighted by atomic mass is 9.99. The molecule has 0 spiro atoms. The van der Waals surface area contributed by atoms with Crippen LogP contribution in [0.5, 0.6) is 5.75 Å². The molecule has 7 heteroatoms. The van der Waals surface area contributed by atoms with Crippen LogP contribution in [0, 0.1) is 23.2 Å². The number of benzene rings is 2. The molecule has 0 radical (unpaired) electrons. The van der Waals surface area contributed by atoms with Crippen LogP contribution in [0.4, 0.5) is 13.2 Å². The van der Waals surface area contributed by atoms with Gasteiger partial charge in [0, 0.05) is 17.3 Å². The van der Waals surface area contributed by atoms with E-state index in [1.807, 2.05) is 18.2 Å². The summed E-state index contributed by atoms with van der Waals surface area (Å²) in [5.41, 5.74) is 0.483. The standard InChI is InChI=1S/C27H23F3N2O2/c28-27(29,30)25-18-24(33)14-13-22(25)12-11-21-10-9-20(19-31)17-23(21)7-6-16-34-26-8-4-2-1-3-5-15-32-26/h4-5,8-10,13-15,17-18,33H,1-3,6-7,16H2/b8-4+,15-5-,32-26-. The highest BCUT2D eigenvalue weighted by molar-refractivity contribution is 5.88. The van der Waals surface area contributed by atoms with E-state index in [9.17, 15) is 23.5 Å². The summed E-state index contributed by atoms with van der Waals surface area (Å²) in [4.78, 5) is 4.28. The number of phenols is 1. The molecule has 3 rings (SSSR count). The van der Waals surface area contributed by atoms with Crippen molar-refractivity contribution < 1.29 is 23.0 Å². The van der Waals surface area contributed by atoms with Crippen molar-refractivity contribution in [2.24, 2.45) is 4.99 Å². The van der Waals surface area contributed by atoms with Gasteiger partial charge in [0.15, 0.2) is 0 Å². The number of rotatable bonds is 4. The molecule has 1 aliphatic heterocycles. The smallest absolute Gasteiger partial charge is 0.417 e. The number of nitriles is 1. The molecule has 0 atom stereocenters. The summed E-state index contributed by atoms with van der Waals surface area (Å²) in [6, 6.07) is 9.93. The topological polar surface area (TPSA) is 65.6 Å². The fraction of sp³-hybridized carbons (Fsp3) is 0.259. The molecule has 0 aliphatic carbocycles. The summed E-state index contributed by atoms with van der Waals surface area (Å²) in [5.74, 6) is 5.41. The van der Waals surface area contributed by atoms with Crippen LogP contribution in [0.15, 0.2) is 65.8 Å². The highest BCUT2D eigenvalue weighted by atomic mass is 19.4. The molecule has 1 aliphatic rings. The Labute approximate surface area is 196 Å². The van der Waals surface area contributed by atoms with Gasteiger partial charge < -0.3 is 9.84 Å². The maximum Gasteiger partial charge on any atom is 0.417 e. The third-order valence-corrected chi connectivity index (χ3v) is 5.02. The summed E-state index contributed by atoms with van der Waals surface area (Å²) < 4.78 is 45.7. The maximum atomic E-state index is 13.3. The van der Waals surface area contributed by atoms with Crippen molar-refractivity contribution in [2.45, 2.75) is 38.3 Å². The Kier molecular flexibility index (Phi) is 8.54. The van der Waals surface area contributed by atoms with E-state index in [1.165, 1.54) is 6.07 Å².